The van der Waals surface area contributed by atoms with Crippen molar-refractivity contribution >= 4 is 29.1 Å². The second kappa shape index (κ2) is 11.6. The zero-order valence-electron chi connectivity index (χ0n) is 23.6. The molecule has 1 aliphatic rings. The summed E-state index contributed by atoms with van der Waals surface area (Å²) >= 11 is 6.28. The van der Waals surface area contributed by atoms with E-state index >= 15 is 0 Å². The molecule has 3 aromatic carbocycles. The maximum Gasteiger partial charge on any atom is 0.295 e. The third-order valence-corrected chi connectivity index (χ3v) is 7.24. The molecule has 0 bridgehead atoms. The highest BCUT2D eigenvalue weighted by atomic mass is 35.5. The zero-order valence-corrected chi connectivity index (χ0v) is 24.3. The van der Waals surface area contributed by atoms with Gasteiger partial charge >= 0.3 is 0 Å². The lowest BCUT2D eigenvalue weighted by Crippen LogP contribution is -2.29. The van der Waals surface area contributed by atoms with Gasteiger partial charge in [0.2, 0.25) is 0 Å². The van der Waals surface area contributed by atoms with Crippen LogP contribution in [-0.4, -0.2) is 42.5 Å². The van der Waals surface area contributed by atoms with E-state index in [1.54, 1.807) is 0 Å². The average molecular weight is 564 g/mol. The molecule has 1 atom stereocenters. The molecule has 8 heteroatoms. The van der Waals surface area contributed by atoms with Crippen LogP contribution in [-0.2, 0) is 21.5 Å². The molecule has 1 saturated heterocycles. The lowest BCUT2D eigenvalue weighted by molar-refractivity contribution is -0.140. The van der Waals surface area contributed by atoms with Crippen molar-refractivity contribution in [2.75, 3.05) is 20.8 Å². The van der Waals surface area contributed by atoms with Crippen molar-refractivity contribution in [2.45, 2.75) is 45.7 Å². The van der Waals surface area contributed by atoms with Gasteiger partial charge in [-0.15, -0.1) is 0 Å². The number of hydrogen-bond donors (Lipinski definition) is 1. The van der Waals surface area contributed by atoms with Gasteiger partial charge in [0, 0.05) is 12.6 Å². The maximum absolute atomic E-state index is 13.6. The summed E-state index contributed by atoms with van der Waals surface area (Å²) < 4.78 is 16.3. The largest absolute Gasteiger partial charge is 0.507 e. The van der Waals surface area contributed by atoms with Gasteiger partial charge < -0.3 is 24.2 Å². The number of rotatable bonds is 8. The summed E-state index contributed by atoms with van der Waals surface area (Å²) in [7, 11) is 2.88. The van der Waals surface area contributed by atoms with E-state index in [-0.39, 0.29) is 39.6 Å². The second-order valence-electron chi connectivity index (χ2n) is 10.6. The molecule has 40 heavy (non-hydrogen) atoms. The Labute approximate surface area is 239 Å². The number of ether oxygens (including phenoxy) is 3. The SMILES string of the molecule is CCOc1ccc(CN2C(=O)C(=O)/C(=C(/O)c3cc(OC)c(Cl)cc3OC)C2c2ccc(C(C)(C)C)cc2)cc1. The van der Waals surface area contributed by atoms with Crippen LogP contribution < -0.4 is 14.2 Å². The Hall–Kier alpha value is -3.97. The van der Waals surface area contributed by atoms with E-state index in [0.717, 1.165) is 11.1 Å². The van der Waals surface area contributed by atoms with Gasteiger partial charge in [0.05, 0.1) is 43.0 Å². The maximum atomic E-state index is 13.6. The van der Waals surface area contributed by atoms with Crippen LogP contribution in [0.4, 0.5) is 0 Å². The molecule has 0 aromatic heterocycles. The Morgan fingerprint density at radius 3 is 2.12 bits per heavy atom. The second-order valence-corrected chi connectivity index (χ2v) is 11.0. The zero-order chi connectivity index (χ0) is 29.2. The van der Waals surface area contributed by atoms with Crippen LogP contribution >= 0.6 is 11.6 Å². The Balaban J connectivity index is 1.88. The number of ketones is 1. The van der Waals surface area contributed by atoms with Crippen LogP contribution in [0.3, 0.4) is 0 Å². The van der Waals surface area contributed by atoms with Crippen LogP contribution in [0.15, 0.2) is 66.2 Å². The Morgan fingerprint density at radius 1 is 0.950 bits per heavy atom. The predicted molar refractivity (Wildman–Crippen MR) is 155 cm³/mol. The fraction of sp³-hybridized carbons (Fsp3) is 0.312. The molecule has 1 unspecified atom stereocenters. The topological polar surface area (TPSA) is 85.3 Å². The van der Waals surface area contributed by atoms with Crippen LogP contribution in [0.5, 0.6) is 17.2 Å². The number of nitrogens with zero attached hydrogens (tertiary/aromatic N) is 1. The molecule has 4 rings (SSSR count). The highest BCUT2D eigenvalue weighted by Gasteiger charge is 2.46. The van der Waals surface area contributed by atoms with E-state index in [1.165, 1.54) is 31.3 Å². The highest BCUT2D eigenvalue weighted by Crippen LogP contribution is 2.44. The average Bonchev–Trinajstić information content (AvgIpc) is 3.18. The summed E-state index contributed by atoms with van der Waals surface area (Å²) in [4.78, 5) is 28.5. The lowest BCUT2D eigenvalue weighted by Gasteiger charge is -2.27. The van der Waals surface area contributed by atoms with Crippen LogP contribution in [0, 0.1) is 0 Å². The molecule has 7 nitrogen and oxygen atoms in total. The number of Topliss-reactive ketones (excluding diaryl/α,β-unsaturated/α-hetero) is 1. The van der Waals surface area contributed by atoms with Gasteiger partial charge in [-0.3, -0.25) is 9.59 Å². The number of hydrogen-bond acceptors (Lipinski definition) is 6. The number of aliphatic hydroxyl groups excluding tert-OH is 1. The van der Waals surface area contributed by atoms with Gasteiger partial charge in [-0.2, -0.15) is 0 Å². The minimum Gasteiger partial charge on any atom is -0.507 e. The minimum atomic E-state index is -0.841. The molecular weight excluding hydrogens is 530 g/mol. The van der Waals surface area contributed by atoms with Crippen LogP contribution in [0.1, 0.15) is 56.0 Å². The first-order chi connectivity index (χ1) is 19.0. The van der Waals surface area contributed by atoms with E-state index < -0.39 is 17.7 Å². The molecule has 0 spiro atoms. The normalized spacial score (nSPS) is 16.8. The minimum absolute atomic E-state index is 0.0397. The van der Waals surface area contributed by atoms with E-state index in [0.29, 0.717) is 23.7 Å². The first-order valence-corrected chi connectivity index (χ1v) is 13.4. The fourth-order valence-corrected chi connectivity index (χ4v) is 5.03. The first-order valence-electron chi connectivity index (χ1n) is 13.0. The molecule has 1 N–H and O–H groups in total. The van der Waals surface area contributed by atoms with Gasteiger partial charge in [-0.1, -0.05) is 68.8 Å². The smallest absolute Gasteiger partial charge is 0.295 e. The highest BCUT2D eigenvalue weighted by molar-refractivity contribution is 6.46. The summed E-state index contributed by atoms with van der Waals surface area (Å²) in [5.74, 6) is -0.623. The van der Waals surface area contributed by atoms with Gasteiger partial charge in [-0.25, -0.2) is 0 Å². The number of benzene rings is 3. The number of halogens is 1. The molecule has 1 amide bonds. The van der Waals surface area contributed by atoms with Crippen LogP contribution in [0.25, 0.3) is 5.76 Å². The van der Waals surface area contributed by atoms with Gasteiger partial charge in [0.15, 0.2) is 0 Å². The lowest BCUT2D eigenvalue weighted by atomic mass is 9.85. The molecule has 0 saturated carbocycles. The first kappa shape index (κ1) is 29.0. The third kappa shape index (κ3) is 5.65. The van der Waals surface area contributed by atoms with Crippen molar-refractivity contribution in [3.63, 3.8) is 0 Å². The number of methoxy groups -OCH3 is 2. The van der Waals surface area contributed by atoms with Crippen molar-refractivity contribution in [1.82, 2.24) is 4.90 Å². The van der Waals surface area contributed by atoms with Crippen LogP contribution in [0.2, 0.25) is 5.02 Å². The van der Waals surface area contributed by atoms with Crippen molar-refractivity contribution in [1.29, 1.82) is 0 Å². The van der Waals surface area contributed by atoms with E-state index in [2.05, 4.69) is 20.8 Å². The summed E-state index contributed by atoms with van der Waals surface area (Å²) in [5, 5.41) is 11.9. The number of aliphatic hydroxyl groups is 1. The molecule has 3 aromatic rings. The van der Waals surface area contributed by atoms with E-state index in [4.69, 9.17) is 25.8 Å². The summed E-state index contributed by atoms with van der Waals surface area (Å²) in [6, 6.07) is 17.3. The number of likely N-dealkylation sites (tertiary alicyclic amines) is 1. The predicted octanol–water partition coefficient (Wildman–Crippen LogP) is 6.68. The fourth-order valence-electron chi connectivity index (χ4n) is 4.80. The monoisotopic (exact) mass is 563 g/mol. The van der Waals surface area contributed by atoms with Crippen molar-refractivity contribution in [3.8, 4) is 17.2 Å². The quantitative estimate of drug-likeness (QED) is 0.187. The molecule has 1 heterocycles. The van der Waals surface area contributed by atoms with Gasteiger partial charge in [0.25, 0.3) is 11.7 Å². The van der Waals surface area contributed by atoms with Crippen molar-refractivity contribution in [2.24, 2.45) is 0 Å². The molecule has 1 aliphatic heterocycles. The Morgan fingerprint density at radius 2 is 1.57 bits per heavy atom. The molecular formula is C32H34ClNO6. The van der Waals surface area contributed by atoms with Gasteiger partial charge in [0.1, 0.15) is 23.0 Å². The van der Waals surface area contributed by atoms with Crippen molar-refractivity contribution < 1.29 is 28.9 Å². The standard InChI is InChI=1S/C32H34ClNO6/c1-7-40-22-14-8-19(9-15-22)18-34-28(20-10-12-21(13-11-20)32(2,3)4)27(30(36)31(34)37)29(35)23-16-26(39-6)24(33)17-25(23)38-5/h8-17,28,35H,7,18H2,1-6H3/b29-27+. The number of carbonyl (C=O) groups excluding carboxylic acids is 2. The summed E-state index contributed by atoms with van der Waals surface area (Å²) in [5.41, 5.74) is 2.67. The van der Waals surface area contributed by atoms with E-state index in [1.807, 2.05) is 55.5 Å². The van der Waals surface area contributed by atoms with E-state index in [9.17, 15) is 14.7 Å². The third-order valence-electron chi connectivity index (χ3n) is 6.95. The number of amides is 1. The van der Waals surface area contributed by atoms with Gasteiger partial charge in [-0.05, 0) is 47.2 Å². The molecule has 1 fully saturated rings. The summed E-state index contributed by atoms with van der Waals surface area (Å²) in [6.45, 7) is 8.93. The summed E-state index contributed by atoms with van der Waals surface area (Å²) in [6.07, 6.45) is 0. The Bertz CT molecular complexity index is 1440. The molecule has 210 valence electrons. The number of carbonyl (C=O) groups is 2. The van der Waals surface area contributed by atoms with Crippen molar-refractivity contribution in [3.05, 3.63) is 93.5 Å². The molecule has 0 radical (unpaired) electrons. The molecule has 0 aliphatic carbocycles. The Kier molecular flexibility index (Phi) is 8.45.